The van der Waals surface area contributed by atoms with E-state index in [0.717, 1.165) is 6.61 Å². The van der Waals surface area contributed by atoms with E-state index in [1.54, 1.807) is 0 Å². The van der Waals surface area contributed by atoms with Crippen molar-refractivity contribution in [3.63, 3.8) is 0 Å². The molecular formula is C21H37NO6. The summed E-state index contributed by atoms with van der Waals surface area (Å²) in [6, 6.07) is 0. The molecule has 2 saturated heterocycles. The lowest BCUT2D eigenvalue weighted by molar-refractivity contribution is -0.139. The van der Waals surface area contributed by atoms with Crippen LogP contribution in [-0.4, -0.2) is 68.2 Å². The Morgan fingerprint density at radius 2 is 1.75 bits per heavy atom. The molecule has 1 saturated carbocycles. The molecule has 162 valence electrons. The third-order valence-corrected chi connectivity index (χ3v) is 5.32. The molecule has 7 heteroatoms. The summed E-state index contributed by atoms with van der Waals surface area (Å²) in [6.45, 7) is 8.18. The molecule has 1 amide bonds. The Labute approximate surface area is 169 Å². The second kappa shape index (κ2) is 12.8. The predicted octanol–water partition coefficient (Wildman–Crippen LogP) is 3.72. The number of ether oxygens (including phenoxy) is 3. The van der Waals surface area contributed by atoms with E-state index in [9.17, 15) is 9.59 Å². The zero-order valence-corrected chi connectivity index (χ0v) is 18.0. The minimum absolute atomic E-state index is 0.0987. The van der Waals surface area contributed by atoms with Crippen molar-refractivity contribution in [1.29, 1.82) is 0 Å². The number of allylic oxidation sites excluding steroid dienone is 2. The molecule has 1 N–H and O–H groups in total. The fourth-order valence-corrected chi connectivity index (χ4v) is 3.37. The average molecular weight is 400 g/mol. The molecule has 0 bridgehead atoms. The van der Waals surface area contributed by atoms with E-state index in [1.165, 1.54) is 43.3 Å². The third-order valence-electron chi connectivity index (χ3n) is 5.32. The summed E-state index contributed by atoms with van der Waals surface area (Å²) in [4.78, 5) is 22.5. The smallest absolute Gasteiger partial charge is 0.409 e. The van der Waals surface area contributed by atoms with Crippen molar-refractivity contribution in [1.82, 2.24) is 4.90 Å². The molecule has 3 unspecified atom stereocenters. The van der Waals surface area contributed by atoms with Crippen molar-refractivity contribution < 1.29 is 28.9 Å². The third kappa shape index (κ3) is 9.06. The van der Waals surface area contributed by atoms with Crippen LogP contribution < -0.4 is 0 Å². The number of carboxylic acid groups (broad SMARTS) is 1. The van der Waals surface area contributed by atoms with Crippen LogP contribution in [0.25, 0.3) is 0 Å². The molecule has 0 aromatic carbocycles. The van der Waals surface area contributed by atoms with Crippen LogP contribution in [0.1, 0.15) is 52.9 Å². The number of nitrogens with zero attached hydrogens (tertiary/aromatic N) is 1. The van der Waals surface area contributed by atoms with Gasteiger partial charge in [0.15, 0.2) is 0 Å². The number of hydrogen-bond donors (Lipinski definition) is 1. The summed E-state index contributed by atoms with van der Waals surface area (Å²) in [7, 11) is 3.14. The van der Waals surface area contributed by atoms with Gasteiger partial charge in [0.2, 0.25) is 0 Å². The molecule has 3 rings (SSSR count). The summed E-state index contributed by atoms with van der Waals surface area (Å²) in [6.07, 6.45) is 8.11. The molecule has 7 nitrogen and oxygen atoms in total. The van der Waals surface area contributed by atoms with Gasteiger partial charge in [-0.2, -0.15) is 0 Å². The van der Waals surface area contributed by atoms with Crippen LogP contribution in [0.15, 0.2) is 11.6 Å². The zero-order valence-electron chi connectivity index (χ0n) is 18.0. The van der Waals surface area contributed by atoms with Gasteiger partial charge in [-0.15, -0.1) is 0 Å². The molecule has 0 spiro atoms. The molecule has 0 aromatic heterocycles. The normalized spacial score (nSPS) is 25.8. The number of hydrogen-bond acceptors (Lipinski definition) is 5. The van der Waals surface area contributed by atoms with Gasteiger partial charge in [-0.3, -0.25) is 4.79 Å². The van der Waals surface area contributed by atoms with Gasteiger partial charge in [0, 0.05) is 32.0 Å². The number of rotatable bonds is 4. The van der Waals surface area contributed by atoms with Crippen molar-refractivity contribution in [2.45, 2.75) is 65.1 Å². The molecule has 2 aliphatic heterocycles. The number of carboxylic acids is 1. The first kappa shape index (κ1) is 24.4. The van der Waals surface area contributed by atoms with Gasteiger partial charge >= 0.3 is 12.1 Å². The van der Waals surface area contributed by atoms with E-state index < -0.39 is 5.97 Å². The van der Waals surface area contributed by atoms with Crippen molar-refractivity contribution in [3.8, 4) is 0 Å². The van der Waals surface area contributed by atoms with E-state index in [-0.39, 0.29) is 18.4 Å². The number of carbonyl (C=O) groups excluding carboxylic acids is 1. The standard InChI is InChI=1S/C9H16O2.C7H11NO4.C5H10/c1-10-8-5-3-2-4-7(8)9-6-11-9;1-12-7(11)8-3-5(4-8)2-6(9)10;1-4-5(2)3/h7-9H,2-6H2,1H3;5H,2-4H2,1H3,(H,9,10);4H,1-3H3. The molecular weight excluding hydrogens is 362 g/mol. The van der Waals surface area contributed by atoms with Crippen LogP contribution in [0.5, 0.6) is 0 Å². The number of carbonyl (C=O) groups is 2. The summed E-state index contributed by atoms with van der Waals surface area (Å²) in [5, 5.41) is 8.40. The quantitative estimate of drug-likeness (QED) is 0.572. The number of epoxide rings is 1. The maximum Gasteiger partial charge on any atom is 0.409 e. The first-order valence-corrected chi connectivity index (χ1v) is 10.1. The highest BCUT2D eigenvalue weighted by Gasteiger charge is 2.39. The van der Waals surface area contributed by atoms with Crippen molar-refractivity contribution >= 4 is 12.1 Å². The minimum atomic E-state index is -0.815. The Balaban J connectivity index is 0.000000228. The van der Waals surface area contributed by atoms with Crippen LogP contribution in [0.2, 0.25) is 0 Å². The largest absolute Gasteiger partial charge is 0.481 e. The minimum Gasteiger partial charge on any atom is -0.481 e. The maximum atomic E-state index is 10.8. The highest BCUT2D eigenvalue weighted by molar-refractivity contribution is 5.70. The summed E-state index contributed by atoms with van der Waals surface area (Å²) >= 11 is 0. The van der Waals surface area contributed by atoms with Crippen LogP contribution in [0.3, 0.4) is 0 Å². The van der Waals surface area contributed by atoms with Gasteiger partial charge in [-0.1, -0.05) is 24.5 Å². The van der Waals surface area contributed by atoms with E-state index in [4.69, 9.17) is 14.6 Å². The van der Waals surface area contributed by atoms with Crippen molar-refractivity contribution in [2.24, 2.45) is 11.8 Å². The monoisotopic (exact) mass is 399 g/mol. The maximum absolute atomic E-state index is 10.8. The van der Waals surface area contributed by atoms with Gasteiger partial charge in [0.1, 0.15) is 0 Å². The van der Waals surface area contributed by atoms with E-state index in [0.29, 0.717) is 31.2 Å². The van der Waals surface area contributed by atoms with Gasteiger partial charge < -0.3 is 24.2 Å². The zero-order chi connectivity index (χ0) is 21.1. The fourth-order valence-electron chi connectivity index (χ4n) is 3.37. The Bertz CT molecular complexity index is 507. The Morgan fingerprint density at radius 1 is 1.18 bits per heavy atom. The molecule has 28 heavy (non-hydrogen) atoms. The Kier molecular flexibility index (Phi) is 11.2. The molecule has 3 fully saturated rings. The predicted molar refractivity (Wildman–Crippen MR) is 107 cm³/mol. The highest BCUT2D eigenvalue weighted by Crippen LogP contribution is 2.35. The number of amides is 1. The fraction of sp³-hybridized carbons (Fsp3) is 0.810. The van der Waals surface area contributed by atoms with Crippen molar-refractivity contribution in [2.75, 3.05) is 33.9 Å². The summed E-state index contributed by atoms with van der Waals surface area (Å²) in [5.41, 5.74) is 1.38. The second-order valence-corrected chi connectivity index (χ2v) is 7.80. The molecule has 0 aromatic rings. The topological polar surface area (TPSA) is 88.6 Å². The van der Waals surface area contributed by atoms with E-state index in [2.05, 4.69) is 24.7 Å². The Morgan fingerprint density at radius 3 is 2.18 bits per heavy atom. The van der Waals surface area contributed by atoms with Crippen molar-refractivity contribution in [3.05, 3.63) is 11.6 Å². The second-order valence-electron chi connectivity index (χ2n) is 7.80. The number of aliphatic carboxylic acids is 1. The molecule has 3 aliphatic rings. The van der Waals surface area contributed by atoms with Gasteiger partial charge in [-0.05, 0) is 33.6 Å². The molecule has 2 heterocycles. The lowest BCUT2D eigenvalue weighted by Gasteiger charge is -2.37. The average Bonchev–Trinajstić information content (AvgIpc) is 3.49. The van der Waals surface area contributed by atoms with Crippen LogP contribution in [0.4, 0.5) is 4.79 Å². The SMILES string of the molecule is CC=C(C)C.COC(=O)N1CC(CC(=O)O)C1.COC1CCCCC1C1CO1. The molecule has 1 aliphatic carbocycles. The highest BCUT2D eigenvalue weighted by atomic mass is 16.6. The van der Waals surface area contributed by atoms with Crippen LogP contribution in [-0.2, 0) is 19.0 Å². The Hall–Kier alpha value is -1.60. The van der Waals surface area contributed by atoms with E-state index in [1.807, 2.05) is 14.0 Å². The van der Waals surface area contributed by atoms with Crippen LogP contribution >= 0.6 is 0 Å². The first-order chi connectivity index (χ1) is 13.3. The van der Waals surface area contributed by atoms with Gasteiger partial charge in [0.05, 0.1) is 32.3 Å². The molecule has 3 atom stereocenters. The summed E-state index contributed by atoms with van der Waals surface area (Å²) < 4.78 is 15.2. The number of methoxy groups -OCH3 is 2. The van der Waals surface area contributed by atoms with E-state index >= 15 is 0 Å². The van der Waals surface area contributed by atoms with Gasteiger partial charge in [0.25, 0.3) is 0 Å². The lowest BCUT2D eigenvalue weighted by Crippen LogP contribution is -2.50. The summed E-state index contributed by atoms with van der Waals surface area (Å²) in [5.74, 6) is -0.0140. The lowest BCUT2D eigenvalue weighted by atomic mass is 9.84. The van der Waals surface area contributed by atoms with Gasteiger partial charge in [-0.25, -0.2) is 4.79 Å². The molecule has 0 radical (unpaired) electrons. The first-order valence-electron chi connectivity index (χ1n) is 10.1. The van der Waals surface area contributed by atoms with Crippen LogP contribution in [0, 0.1) is 11.8 Å². The number of likely N-dealkylation sites (tertiary alicyclic amines) is 1.